The lowest BCUT2D eigenvalue weighted by atomic mass is 9.87. The summed E-state index contributed by atoms with van der Waals surface area (Å²) >= 11 is 0. The second kappa shape index (κ2) is 4.66. The van der Waals surface area contributed by atoms with Crippen molar-refractivity contribution in [3.8, 4) is 17.2 Å². The van der Waals surface area contributed by atoms with Gasteiger partial charge in [0.2, 0.25) is 0 Å². The maximum atomic E-state index is 6.31. The minimum absolute atomic E-state index is 0.00495. The van der Waals surface area contributed by atoms with Gasteiger partial charge in [0.05, 0.1) is 19.6 Å². The summed E-state index contributed by atoms with van der Waals surface area (Å²) < 4.78 is 17.7. The number of rotatable bonds is 1. The molecule has 23 heavy (non-hydrogen) atoms. The summed E-state index contributed by atoms with van der Waals surface area (Å²) in [6.07, 6.45) is -0.00495. The molecule has 0 amide bonds. The molecular formula is C20H16O3. The van der Waals surface area contributed by atoms with Crippen LogP contribution in [0, 0.1) is 0 Å². The summed E-state index contributed by atoms with van der Waals surface area (Å²) in [5, 5.41) is 2.50. The van der Waals surface area contributed by atoms with Gasteiger partial charge in [0.1, 0.15) is 23.4 Å². The van der Waals surface area contributed by atoms with Crippen LogP contribution in [0.15, 0.2) is 54.6 Å². The van der Waals surface area contributed by atoms with Gasteiger partial charge in [-0.2, -0.15) is 0 Å². The molecule has 2 aliphatic heterocycles. The van der Waals surface area contributed by atoms with E-state index in [4.69, 9.17) is 14.2 Å². The van der Waals surface area contributed by atoms with Gasteiger partial charge in [-0.05, 0) is 35.0 Å². The van der Waals surface area contributed by atoms with Crippen molar-refractivity contribution in [1.82, 2.24) is 0 Å². The molecule has 0 aromatic heterocycles. The highest BCUT2D eigenvalue weighted by molar-refractivity contribution is 5.89. The van der Waals surface area contributed by atoms with Crippen LogP contribution < -0.4 is 14.2 Å². The molecule has 0 fully saturated rings. The number of hydrogen-bond donors (Lipinski definition) is 0. The van der Waals surface area contributed by atoms with Crippen molar-refractivity contribution in [2.24, 2.45) is 0 Å². The monoisotopic (exact) mass is 304 g/mol. The van der Waals surface area contributed by atoms with Crippen LogP contribution in [0.4, 0.5) is 0 Å². The van der Waals surface area contributed by atoms with Crippen LogP contribution in [0.1, 0.15) is 23.1 Å². The van der Waals surface area contributed by atoms with E-state index in [0.717, 1.165) is 22.8 Å². The molecule has 0 spiro atoms. The van der Waals surface area contributed by atoms with Gasteiger partial charge in [0.15, 0.2) is 0 Å². The molecule has 5 rings (SSSR count). The third-order valence-electron chi connectivity index (χ3n) is 4.86. The molecule has 0 radical (unpaired) electrons. The lowest BCUT2D eigenvalue weighted by Crippen LogP contribution is -2.23. The average Bonchev–Trinajstić information content (AvgIpc) is 3.00. The van der Waals surface area contributed by atoms with Crippen molar-refractivity contribution in [2.45, 2.75) is 12.0 Å². The fourth-order valence-corrected chi connectivity index (χ4v) is 3.77. The SMILES string of the molecule is COc1ccc2c(c1)[C@H]1Oc3ccc4ccccc4c3[C@H]1CO2. The minimum Gasteiger partial charge on any atom is -0.497 e. The summed E-state index contributed by atoms with van der Waals surface area (Å²) in [5.41, 5.74) is 2.34. The molecule has 0 unspecified atom stereocenters. The van der Waals surface area contributed by atoms with Crippen molar-refractivity contribution in [1.29, 1.82) is 0 Å². The Hall–Kier alpha value is -2.68. The molecule has 3 nitrogen and oxygen atoms in total. The van der Waals surface area contributed by atoms with Gasteiger partial charge >= 0.3 is 0 Å². The molecule has 3 heteroatoms. The number of fused-ring (bicyclic) bond motifs is 7. The smallest absolute Gasteiger partial charge is 0.138 e. The van der Waals surface area contributed by atoms with E-state index >= 15 is 0 Å². The fraction of sp³-hybridized carbons (Fsp3) is 0.200. The van der Waals surface area contributed by atoms with Crippen LogP contribution in [-0.4, -0.2) is 13.7 Å². The molecule has 2 aliphatic rings. The van der Waals surface area contributed by atoms with E-state index in [1.807, 2.05) is 18.2 Å². The summed E-state index contributed by atoms with van der Waals surface area (Å²) in [6, 6.07) is 18.6. The zero-order valence-corrected chi connectivity index (χ0v) is 12.8. The molecule has 114 valence electrons. The predicted octanol–water partition coefficient (Wildman–Crippen LogP) is 4.46. The van der Waals surface area contributed by atoms with E-state index in [2.05, 4.69) is 36.4 Å². The third kappa shape index (κ3) is 1.76. The third-order valence-corrected chi connectivity index (χ3v) is 4.86. The van der Waals surface area contributed by atoms with E-state index in [1.54, 1.807) is 7.11 Å². The highest BCUT2D eigenvalue weighted by Crippen LogP contribution is 2.53. The molecule has 0 bridgehead atoms. The molecule has 0 aliphatic carbocycles. The molecule has 0 N–H and O–H groups in total. The first kappa shape index (κ1) is 12.8. The van der Waals surface area contributed by atoms with Gasteiger partial charge in [-0.15, -0.1) is 0 Å². The second-order valence-electron chi connectivity index (χ2n) is 6.06. The van der Waals surface area contributed by atoms with E-state index in [1.165, 1.54) is 16.3 Å². The van der Waals surface area contributed by atoms with Crippen LogP contribution in [0.25, 0.3) is 10.8 Å². The maximum Gasteiger partial charge on any atom is 0.138 e. The highest BCUT2D eigenvalue weighted by Gasteiger charge is 2.41. The summed E-state index contributed by atoms with van der Waals surface area (Å²) in [4.78, 5) is 0. The number of ether oxygens (including phenoxy) is 3. The maximum absolute atomic E-state index is 6.31. The summed E-state index contributed by atoms with van der Waals surface area (Å²) in [6.45, 7) is 0.644. The lowest BCUT2D eigenvalue weighted by molar-refractivity contribution is 0.139. The summed E-state index contributed by atoms with van der Waals surface area (Å²) in [7, 11) is 1.68. The molecule has 0 saturated carbocycles. The van der Waals surface area contributed by atoms with Crippen molar-refractivity contribution >= 4 is 10.8 Å². The van der Waals surface area contributed by atoms with Gasteiger partial charge in [0, 0.05) is 11.1 Å². The predicted molar refractivity (Wildman–Crippen MR) is 88.5 cm³/mol. The van der Waals surface area contributed by atoms with E-state index in [0.29, 0.717) is 6.61 Å². The van der Waals surface area contributed by atoms with E-state index in [-0.39, 0.29) is 12.0 Å². The zero-order valence-electron chi connectivity index (χ0n) is 12.8. The van der Waals surface area contributed by atoms with Gasteiger partial charge in [-0.1, -0.05) is 30.3 Å². The van der Waals surface area contributed by atoms with E-state index in [9.17, 15) is 0 Å². The van der Waals surface area contributed by atoms with Crippen LogP contribution in [0.5, 0.6) is 17.2 Å². The Morgan fingerprint density at radius 1 is 1.00 bits per heavy atom. The molecule has 3 aromatic carbocycles. The van der Waals surface area contributed by atoms with Gasteiger partial charge in [-0.25, -0.2) is 0 Å². The second-order valence-corrected chi connectivity index (χ2v) is 6.06. The fourth-order valence-electron chi connectivity index (χ4n) is 3.77. The Kier molecular flexibility index (Phi) is 2.60. The molecule has 0 saturated heterocycles. The largest absolute Gasteiger partial charge is 0.497 e. The molecule has 3 aromatic rings. The highest BCUT2D eigenvalue weighted by atomic mass is 16.5. The Bertz CT molecular complexity index is 916. The van der Waals surface area contributed by atoms with Crippen LogP contribution >= 0.6 is 0 Å². The normalized spacial score (nSPS) is 20.9. The quantitative estimate of drug-likeness (QED) is 0.664. The number of hydrogen-bond acceptors (Lipinski definition) is 3. The lowest BCUT2D eigenvalue weighted by Gasteiger charge is -2.28. The standard InChI is InChI=1S/C20H16O3/c1-21-13-7-9-17-15(10-13)20-16(11-22-17)19-14-5-3-2-4-12(14)6-8-18(19)23-20/h2-10,16,20H,11H2,1H3/t16-,20-/m1/s1. The Morgan fingerprint density at radius 3 is 2.78 bits per heavy atom. The van der Waals surface area contributed by atoms with Crippen molar-refractivity contribution in [2.75, 3.05) is 13.7 Å². The number of methoxy groups -OCH3 is 1. The average molecular weight is 304 g/mol. The minimum atomic E-state index is -0.00495. The molecule has 2 atom stereocenters. The topological polar surface area (TPSA) is 27.7 Å². The molecule has 2 heterocycles. The first-order valence-corrected chi connectivity index (χ1v) is 7.84. The van der Waals surface area contributed by atoms with Crippen LogP contribution in [-0.2, 0) is 0 Å². The van der Waals surface area contributed by atoms with Gasteiger partial charge in [-0.3, -0.25) is 0 Å². The Morgan fingerprint density at radius 2 is 1.87 bits per heavy atom. The van der Waals surface area contributed by atoms with Crippen LogP contribution in [0.2, 0.25) is 0 Å². The summed E-state index contributed by atoms with van der Waals surface area (Å²) in [5.74, 6) is 2.91. The van der Waals surface area contributed by atoms with Gasteiger partial charge < -0.3 is 14.2 Å². The van der Waals surface area contributed by atoms with Gasteiger partial charge in [0.25, 0.3) is 0 Å². The Labute approximate surface area is 134 Å². The first-order chi connectivity index (χ1) is 11.3. The van der Waals surface area contributed by atoms with E-state index < -0.39 is 0 Å². The van der Waals surface area contributed by atoms with Crippen LogP contribution in [0.3, 0.4) is 0 Å². The number of benzene rings is 3. The van der Waals surface area contributed by atoms with Crippen molar-refractivity contribution in [3.05, 3.63) is 65.7 Å². The van der Waals surface area contributed by atoms with Crippen molar-refractivity contribution < 1.29 is 14.2 Å². The first-order valence-electron chi connectivity index (χ1n) is 7.84. The Balaban J connectivity index is 1.69. The van der Waals surface area contributed by atoms with Crippen molar-refractivity contribution in [3.63, 3.8) is 0 Å². The molecular weight excluding hydrogens is 288 g/mol. The zero-order chi connectivity index (χ0) is 15.4.